The molecule has 0 radical (unpaired) electrons. The highest BCUT2D eigenvalue weighted by Crippen LogP contribution is 2.24. The van der Waals surface area contributed by atoms with E-state index in [4.69, 9.17) is 16.1 Å². The van der Waals surface area contributed by atoms with Gasteiger partial charge in [-0.05, 0) is 18.7 Å². The molecule has 0 saturated carbocycles. The third kappa shape index (κ3) is 2.40. The van der Waals surface area contributed by atoms with Gasteiger partial charge in [0.15, 0.2) is 0 Å². The molecular formula is C11H12ClN3O. The van der Waals surface area contributed by atoms with E-state index in [1.807, 2.05) is 25.1 Å². The predicted octanol–water partition coefficient (Wildman–Crippen LogP) is 2.50. The van der Waals surface area contributed by atoms with Gasteiger partial charge in [-0.2, -0.15) is 4.98 Å². The Labute approximate surface area is 98.6 Å². The van der Waals surface area contributed by atoms with Gasteiger partial charge in [0.1, 0.15) is 0 Å². The number of rotatable bonds is 4. The van der Waals surface area contributed by atoms with Gasteiger partial charge in [0.25, 0.3) is 0 Å². The van der Waals surface area contributed by atoms with Crippen molar-refractivity contribution in [3.63, 3.8) is 0 Å². The van der Waals surface area contributed by atoms with Gasteiger partial charge in [0.05, 0.1) is 11.6 Å². The molecule has 0 aliphatic heterocycles. The summed E-state index contributed by atoms with van der Waals surface area (Å²) in [7, 11) is 0. The van der Waals surface area contributed by atoms with Crippen LogP contribution in [0.25, 0.3) is 11.4 Å². The standard InChI is InChI=1S/C11H12ClN3O/c1-2-13-7-10-14-11(15-16-10)8-5-3-4-6-9(8)12/h3-6,13H,2,7H2,1H3. The lowest BCUT2D eigenvalue weighted by Crippen LogP contribution is -2.11. The van der Waals surface area contributed by atoms with Crippen LogP contribution in [0.4, 0.5) is 0 Å². The van der Waals surface area contributed by atoms with Crippen molar-refractivity contribution in [2.45, 2.75) is 13.5 Å². The van der Waals surface area contributed by atoms with Crippen molar-refractivity contribution in [2.24, 2.45) is 0 Å². The molecule has 0 fully saturated rings. The Morgan fingerprint density at radius 2 is 2.19 bits per heavy atom. The molecule has 0 aliphatic carbocycles. The maximum atomic E-state index is 6.04. The smallest absolute Gasteiger partial charge is 0.240 e. The van der Waals surface area contributed by atoms with E-state index in [0.717, 1.165) is 12.1 Å². The van der Waals surface area contributed by atoms with Gasteiger partial charge in [-0.15, -0.1) is 0 Å². The highest BCUT2D eigenvalue weighted by Gasteiger charge is 2.10. The van der Waals surface area contributed by atoms with E-state index in [2.05, 4.69) is 15.5 Å². The minimum atomic E-state index is 0.526. The summed E-state index contributed by atoms with van der Waals surface area (Å²) in [5.41, 5.74) is 0.788. The second-order valence-corrected chi connectivity index (χ2v) is 3.68. The Hall–Kier alpha value is -1.39. The molecule has 2 aromatic rings. The molecule has 1 heterocycles. The van der Waals surface area contributed by atoms with Crippen molar-refractivity contribution < 1.29 is 4.52 Å². The summed E-state index contributed by atoms with van der Waals surface area (Å²) in [6.07, 6.45) is 0. The van der Waals surface area contributed by atoms with Crippen molar-refractivity contribution >= 4 is 11.6 Å². The summed E-state index contributed by atoms with van der Waals surface area (Å²) in [5, 5.41) is 7.63. The van der Waals surface area contributed by atoms with Gasteiger partial charge in [-0.25, -0.2) is 0 Å². The van der Waals surface area contributed by atoms with E-state index in [0.29, 0.717) is 23.3 Å². The number of aromatic nitrogens is 2. The zero-order valence-corrected chi connectivity index (χ0v) is 9.66. The lowest BCUT2D eigenvalue weighted by Gasteiger charge is -1.96. The van der Waals surface area contributed by atoms with Crippen LogP contribution < -0.4 is 5.32 Å². The zero-order chi connectivity index (χ0) is 11.4. The van der Waals surface area contributed by atoms with Crippen LogP contribution in [-0.2, 0) is 6.54 Å². The molecule has 1 N–H and O–H groups in total. The van der Waals surface area contributed by atoms with E-state index >= 15 is 0 Å². The van der Waals surface area contributed by atoms with E-state index in [9.17, 15) is 0 Å². The lowest BCUT2D eigenvalue weighted by atomic mass is 10.2. The molecule has 0 amide bonds. The minimum absolute atomic E-state index is 0.526. The van der Waals surface area contributed by atoms with Gasteiger partial charge in [0.2, 0.25) is 11.7 Å². The van der Waals surface area contributed by atoms with Crippen LogP contribution in [0, 0.1) is 0 Å². The van der Waals surface area contributed by atoms with Gasteiger partial charge in [0, 0.05) is 5.56 Å². The summed E-state index contributed by atoms with van der Waals surface area (Å²) in [5.74, 6) is 1.09. The van der Waals surface area contributed by atoms with Crippen molar-refractivity contribution in [3.8, 4) is 11.4 Å². The molecule has 1 aromatic heterocycles. The van der Waals surface area contributed by atoms with Crippen molar-refractivity contribution in [1.82, 2.24) is 15.5 Å². The van der Waals surface area contributed by atoms with Crippen molar-refractivity contribution in [1.29, 1.82) is 0 Å². The minimum Gasteiger partial charge on any atom is -0.338 e. The number of hydrogen-bond donors (Lipinski definition) is 1. The van der Waals surface area contributed by atoms with Gasteiger partial charge in [-0.3, -0.25) is 0 Å². The second kappa shape index (κ2) is 5.09. The zero-order valence-electron chi connectivity index (χ0n) is 8.90. The first kappa shape index (κ1) is 11.1. The van der Waals surface area contributed by atoms with Crippen LogP contribution in [0.3, 0.4) is 0 Å². The van der Waals surface area contributed by atoms with Crippen LogP contribution in [0.15, 0.2) is 28.8 Å². The Morgan fingerprint density at radius 1 is 1.38 bits per heavy atom. The maximum absolute atomic E-state index is 6.04. The van der Waals surface area contributed by atoms with Crippen molar-refractivity contribution in [3.05, 3.63) is 35.2 Å². The molecule has 0 bridgehead atoms. The summed E-state index contributed by atoms with van der Waals surface area (Å²) in [6.45, 7) is 3.46. The van der Waals surface area contributed by atoms with Crippen LogP contribution in [0.5, 0.6) is 0 Å². The Bertz CT molecular complexity index is 470. The third-order valence-electron chi connectivity index (χ3n) is 2.11. The van der Waals surface area contributed by atoms with Crippen molar-refractivity contribution in [2.75, 3.05) is 6.54 Å². The summed E-state index contributed by atoms with van der Waals surface area (Å²) in [6, 6.07) is 7.43. The molecule has 0 saturated heterocycles. The average molecular weight is 238 g/mol. The Morgan fingerprint density at radius 3 is 2.94 bits per heavy atom. The molecular weight excluding hydrogens is 226 g/mol. The summed E-state index contributed by atoms with van der Waals surface area (Å²) in [4.78, 5) is 4.25. The molecule has 16 heavy (non-hydrogen) atoms. The molecule has 0 spiro atoms. The molecule has 4 nitrogen and oxygen atoms in total. The quantitative estimate of drug-likeness (QED) is 0.888. The fourth-order valence-corrected chi connectivity index (χ4v) is 1.53. The average Bonchev–Trinajstić information content (AvgIpc) is 2.75. The van der Waals surface area contributed by atoms with Crippen LogP contribution in [0.2, 0.25) is 5.02 Å². The predicted molar refractivity (Wildman–Crippen MR) is 62.1 cm³/mol. The topological polar surface area (TPSA) is 51.0 Å². The largest absolute Gasteiger partial charge is 0.338 e. The van der Waals surface area contributed by atoms with Gasteiger partial charge in [-0.1, -0.05) is 35.8 Å². The molecule has 2 rings (SSSR count). The van der Waals surface area contributed by atoms with Gasteiger partial charge >= 0.3 is 0 Å². The van der Waals surface area contributed by atoms with Crippen LogP contribution in [-0.4, -0.2) is 16.7 Å². The summed E-state index contributed by atoms with van der Waals surface area (Å²) >= 11 is 6.04. The summed E-state index contributed by atoms with van der Waals surface area (Å²) < 4.78 is 5.09. The SMILES string of the molecule is CCNCc1nc(-c2ccccc2Cl)no1. The molecule has 0 unspecified atom stereocenters. The van der Waals surface area contributed by atoms with E-state index in [1.54, 1.807) is 6.07 Å². The fourth-order valence-electron chi connectivity index (χ4n) is 1.31. The lowest BCUT2D eigenvalue weighted by molar-refractivity contribution is 0.369. The van der Waals surface area contributed by atoms with Gasteiger partial charge < -0.3 is 9.84 Å². The second-order valence-electron chi connectivity index (χ2n) is 3.27. The normalized spacial score (nSPS) is 10.6. The molecule has 84 valence electrons. The highest BCUT2D eigenvalue weighted by molar-refractivity contribution is 6.33. The monoisotopic (exact) mass is 237 g/mol. The number of benzene rings is 1. The molecule has 5 heteroatoms. The maximum Gasteiger partial charge on any atom is 0.240 e. The third-order valence-corrected chi connectivity index (χ3v) is 2.44. The number of halogens is 1. The van der Waals surface area contributed by atoms with E-state index < -0.39 is 0 Å². The van der Waals surface area contributed by atoms with E-state index in [-0.39, 0.29) is 0 Å². The first-order valence-corrected chi connectivity index (χ1v) is 5.47. The Balaban J connectivity index is 2.22. The number of hydrogen-bond acceptors (Lipinski definition) is 4. The fraction of sp³-hybridized carbons (Fsp3) is 0.273. The number of nitrogens with one attached hydrogen (secondary N) is 1. The molecule has 0 aliphatic rings. The van der Waals surface area contributed by atoms with E-state index in [1.165, 1.54) is 0 Å². The Kier molecular flexibility index (Phi) is 3.54. The highest BCUT2D eigenvalue weighted by atomic mass is 35.5. The first-order valence-electron chi connectivity index (χ1n) is 5.09. The first-order chi connectivity index (χ1) is 7.81. The van der Waals surface area contributed by atoms with Crippen LogP contribution in [0.1, 0.15) is 12.8 Å². The molecule has 0 atom stereocenters. The molecule has 1 aromatic carbocycles. The number of nitrogens with zero attached hydrogens (tertiary/aromatic N) is 2. The van der Waals surface area contributed by atoms with Crippen LogP contribution >= 0.6 is 11.6 Å².